The van der Waals surface area contributed by atoms with Crippen LogP contribution in [-0.2, 0) is 9.59 Å². The van der Waals surface area contributed by atoms with Crippen molar-refractivity contribution in [1.82, 2.24) is 4.90 Å². The number of amides is 1. The van der Waals surface area contributed by atoms with Gasteiger partial charge < -0.3 is 10.0 Å². The van der Waals surface area contributed by atoms with Gasteiger partial charge in [0.05, 0.1) is 0 Å². The van der Waals surface area contributed by atoms with E-state index in [2.05, 4.69) is 6.92 Å². The van der Waals surface area contributed by atoms with Gasteiger partial charge >= 0.3 is 5.97 Å². The molecule has 0 aromatic carbocycles. The van der Waals surface area contributed by atoms with Crippen LogP contribution in [0, 0.1) is 5.41 Å². The molecule has 0 radical (unpaired) electrons. The highest BCUT2D eigenvalue weighted by atomic mass is 16.4. The third-order valence-electron chi connectivity index (χ3n) is 3.95. The van der Waals surface area contributed by atoms with Crippen molar-refractivity contribution in [3.05, 3.63) is 0 Å². The zero-order valence-electron chi connectivity index (χ0n) is 11.6. The Morgan fingerprint density at radius 3 is 2.22 bits per heavy atom. The molecule has 1 aliphatic rings. The number of hydrogen-bond donors (Lipinski definition) is 1. The normalized spacial score (nSPS) is 19.0. The van der Waals surface area contributed by atoms with Crippen LogP contribution >= 0.6 is 0 Å². The van der Waals surface area contributed by atoms with Gasteiger partial charge in [0.1, 0.15) is 0 Å². The molecule has 1 N–H and O–H groups in total. The Kier molecular flexibility index (Phi) is 5.63. The topological polar surface area (TPSA) is 57.6 Å². The van der Waals surface area contributed by atoms with E-state index in [-0.39, 0.29) is 17.7 Å². The van der Waals surface area contributed by atoms with Gasteiger partial charge in [-0.1, -0.05) is 32.6 Å². The Bertz CT molecular complexity index is 293. The van der Waals surface area contributed by atoms with Crippen LogP contribution in [0.1, 0.15) is 58.3 Å². The zero-order valence-corrected chi connectivity index (χ0v) is 11.6. The third kappa shape index (κ3) is 4.31. The van der Waals surface area contributed by atoms with Gasteiger partial charge in [0.2, 0.25) is 5.91 Å². The highest BCUT2D eigenvalue weighted by Gasteiger charge is 2.35. The molecule has 1 rings (SSSR count). The molecule has 4 nitrogen and oxygen atoms in total. The quantitative estimate of drug-likeness (QED) is 0.768. The number of carboxylic acids is 1. The van der Waals surface area contributed by atoms with Gasteiger partial charge in [-0.25, -0.2) is 0 Å². The van der Waals surface area contributed by atoms with Crippen molar-refractivity contribution >= 4 is 11.9 Å². The van der Waals surface area contributed by atoms with Crippen molar-refractivity contribution in [2.75, 3.05) is 13.6 Å². The molecule has 4 heteroatoms. The van der Waals surface area contributed by atoms with Crippen LogP contribution in [0.5, 0.6) is 0 Å². The molecule has 0 aromatic rings. The second-order valence-electron chi connectivity index (χ2n) is 5.70. The van der Waals surface area contributed by atoms with E-state index in [9.17, 15) is 9.59 Å². The first-order valence-corrected chi connectivity index (χ1v) is 6.93. The van der Waals surface area contributed by atoms with Gasteiger partial charge in [-0.2, -0.15) is 0 Å². The molecule has 0 aliphatic heterocycles. The van der Waals surface area contributed by atoms with Gasteiger partial charge in [-0.3, -0.25) is 9.59 Å². The SMILES string of the molecule is CN(CCCC(=O)O)C(=O)C1(C)CCCCCC1. The maximum Gasteiger partial charge on any atom is 0.303 e. The number of nitrogens with zero attached hydrogens (tertiary/aromatic N) is 1. The maximum absolute atomic E-state index is 12.4. The smallest absolute Gasteiger partial charge is 0.303 e. The molecule has 1 saturated carbocycles. The summed E-state index contributed by atoms with van der Waals surface area (Å²) in [5, 5.41) is 8.60. The Morgan fingerprint density at radius 1 is 1.17 bits per heavy atom. The van der Waals surface area contributed by atoms with Crippen molar-refractivity contribution in [3.8, 4) is 0 Å². The van der Waals surface area contributed by atoms with Gasteiger partial charge in [0.15, 0.2) is 0 Å². The second-order valence-corrected chi connectivity index (χ2v) is 5.70. The van der Waals surface area contributed by atoms with Gasteiger partial charge in [0.25, 0.3) is 0 Å². The summed E-state index contributed by atoms with van der Waals surface area (Å²) in [5.74, 6) is -0.605. The van der Waals surface area contributed by atoms with Gasteiger partial charge in [-0.05, 0) is 19.3 Å². The highest BCUT2D eigenvalue weighted by molar-refractivity contribution is 5.82. The van der Waals surface area contributed by atoms with Crippen LogP contribution in [0.25, 0.3) is 0 Å². The lowest BCUT2D eigenvalue weighted by Crippen LogP contribution is -2.40. The number of carboxylic acid groups (broad SMARTS) is 1. The first-order valence-electron chi connectivity index (χ1n) is 6.93. The van der Waals surface area contributed by atoms with E-state index in [0.717, 1.165) is 25.7 Å². The van der Waals surface area contributed by atoms with Crippen LogP contribution in [0.3, 0.4) is 0 Å². The summed E-state index contributed by atoms with van der Waals surface area (Å²) in [7, 11) is 1.79. The molecule has 0 bridgehead atoms. The summed E-state index contributed by atoms with van der Waals surface area (Å²) in [4.78, 5) is 24.6. The zero-order chi connectivity index (χ0) is 13.6. The molecular weight excluding hydrogens is 230 g/mol. The molecular formula is C14H25NO3. The molecule has 0 unspecified atom stereocenters. The van der Waals surface area contributed by atoms with E-state index in [0.29, 0.717) is 13.0 Å². The predicted molar refractivity (Wildman–Crippen MR) is 70.3 cm³/mol. The van der Waals surface area contributed by atoms with Crippen LogP contribution < -0.4 is 0 Å². The average Bonchev–Trinajstić information content (AvgIpc) is 2.53. The van der Waals surface area contributed by atoms with Gasteiger partial charge in [0, 0.05) is 25.4 Å². The Balaban J connectivity index is 2.47. The Morgan fingerprint density at radius 2 is 1.72 bits per heavy atom. The largest absolute Gasteiger partial charge is 0.481 e. The molecule has 1 aliphatic carbocycles. The summed E-state index contributed by atoms with van der Waals surface area (Å²) in [6.07, 6.45) is 7.32. The molecule has 104 valence electrons. The fourth-order valence-electron chi connectivity index (χ4n) is 2.75. The fourth-order valence-corrected chi connectivity index (χ4v) is 2.75. The summed E-state index contributed by atoms with van der Waals surface area (Å²) in [5.41, 5.74) is -0.228. The highest BCUT2D eigenvalue weighted by Crippen LogP contribution is 2.36. The molecule has 1 fully saturated rings. The average molecular weight is 255 g/mol. The first-order chi connectivity index (χ1) is 8.46. The Labute approximate surface area is 109 Å². The standard InChI is InChI=1S/C14H25NO3/c1-14(9-5-3-4-6-10-14)13(18)15(2)11-7-8-12(16)17/h3-11H2,1-2H3,(H,16,17). The molecule has 0 spiro atoms. The maximum atomic E-state index is 12.4. The number of carbonyl (C=O) groups excluding carboxylic acids is 1. The summed E-state index contributed by atoms with van der Waals surface area (Å²) in [6, 6.07) is 0. The van der Waals surface area contributed by atoms with Gasteiger partial charge in [-0.15, -0.1) is 0 Å². The molecule has 0 saturated heterocycles. The molecule has 18 heavy (non-hydrogen) atoms. The predicted octanol–water partition coefficient (Wildman–Crippen LogP) is 2.67. The van der Waals surface area contributed by atoms with E-state index in [1.54, 1.807) is 11.9 Å². The number of carbonyl (C=O) groups is 2. The number of hydrogen-bond acceptors (Lipinski definition) is 2. The lowest BCUT2D eigenvalue weighted by molar-refractivity contribution is -0.142. The minimum Gasteiger partial charge on any atom is -0.481 e. The second kappa shape index (κ2) is 6.76. The molecule has 0 atom stereocenters. The van der Waals surface area contributed by atoms with Crippen molar-refractivity contribution in [1.29, 1.82) is 0 Å². The van der Waals surface area contributed by atoms with Crippen LogP contribution in [-0.4, -0.2) is 35.5 Å². The molecule has 1 amide bonds. The van der Waals surface area contributed by atoms with Crippen molar-refractivity contribution in [3.63, 3.8) is 0 Å². The lowest BCUT2D eigenvalue weighted by Gasteiger charge is -2.31. The lowest BCUT2D eigenvalue weighted by atomic mass is 9.81. The van der Waals surface area contributed by atoms with Crippen LogP contribution in [0.15, 0.2) is 0 Å². The van der Waals surface area contributed by atoms with E-state index in [1.165, 1.54) is 12.8 Å². The Hall–Kier alpha value is -1.06. The van der Waals surface area contributed by atoms with Crippen molar-refractivity contribution < 1.29 is 14.7 Å². The number of rotatable bonds is 5. The van der Waals surface area contributed by atoms with Crippen molar-refractivity contribution in [2.24, 2.45) is 5.41 Å². The minimum absolute atomic E-state index is 0.133. The molecule has 0 aromatic heterocycles. The first kappa shape index (κ1) is 15.0. The number of aliphatic carboxylic acids is 1. The van der Waals surface area contributed by atoms with Crippen molar-refractivity contribution in [2.45, 2.75) is 58.3 Å². The minimum atomic E-state index is -0.795. The van der Waals surface area contributed by atoms with E-state index in [1.807, 2.05) is 0 Å². The van der Waals surface area contributed by atoms with E-state index >= 15 is 0 Å². The summed E-state index contributed by atoms with van der Waals surface area (Å²) >= 11 is 0. The van der Waals surface area contributed by atoms with E-state index in [4.69, 9.17) is 5.11 Å². The third-order valence-corrected chi connectivity index (χ3v) is 3.95. The monoisotopic (exact) mass is 255 g/mol. The van der Waals surface area contributed by atoms with Crippen LogP contribution in [0.2, 0.25) is 0 Å². The fraction of sp³-hybridized carbons (Fsp3) is 0.857. The van der Waals surface area contributed by atoms with Crippen LogP contribution in [0.4, 0.5) is 0 Å². The summed E-state index contributed by atoms with van der Waals surface area (Å²) < 4.78 is 0. The molecule has 0 heterocycles. The summed E-state index contributed by atoms with van der Waals surface area (Å²) in [6.45, 7) is 2.61. The van der Waals surface area contributed by atoms with E-state index < -0.39 is 5.97 Å².